The minimum atomic E-state index is -0.523. The molecule has 1 atom stereocenters. The number of amides is 2. The average molecular weight is 345 g/mol. The Morgan fingerprint density at radius 1 is 1.44 bits per heavy atom. The smallest absolute Gasteiger partial charge is 0.234 e. The van der Waals surface area contributed by atoms with Crippen LogP contribution in [0.25, 0.3) is 0 Å². The molecule has 2 aliphatic heterocycles. The van der Waals surface area contributed by atoms with Crippen molar-refractivity contribution in [3.63, 3.8) is 0 Å². The quantitative estimate of drug-likeness (QED) is 0.738. The van der Waals surface area contributed by atoms with Gasteiger partial charge < -0.3 is 15.2 Å². The molecule has 3 N–H and O–H groups in total. The molecule has 0 radical (unpaired) electrons. The topological polar surface area (TPSA) is 103 Å². The minimum Gasteiger partial charge on any atom is -0.476 e. The number of allylic oxidation sites excluding steroid dienone is 3. The van der Waals surface area contributed by atoms with Crippen molar-refractivity contribution in [1.82, 2.24) is 5.32 Å². The summed E-state index contributed by atoms with van der Waals surface area (Å²) in [4.78, 5) is 28.1. The third-order valence-corrected chi connectivity index (χ3v) is 3.72. The third-order valence-electron chi connectivity index (χ3n) is 3.72. The number of nitrogens with two attached hydrogens (primary N) is 1. The van der Waals surface area contributed by atoms with Crippen LogP contribution in [0.3, 0.4) is 0 Å². The lowest BCUT2D eigenvalue weighted by molar-refractivity contribution is -0.135. The van der Waals surface area contributed by atoms with Crippen LogP contribution in [-0.4, -0.2) is 30.7 Å². The fourth-order valence-electron chi connectivity index (χ4n) is 2.39. The van der Waals surface area contributed by atoms with E-state index in [4.69, 9.17) is 15.2 Å². The van der Waals surface area contributed by atoms with E-state index in [0.29, 0.717) is 43.2 Å². The first-order chi connectivity index (χ1) is 12.0. The van der Waals surface area contributed by atoms with Crippen LogP contribution in [0, 0.1) is 5.92 Å². The van der Waals surface area contributed by atoms with Gasteiger partial charge in [-0.3, -0.25) is 14.9 Å². The second-order valence-corrected chi connectivity index (χ2v) is 5.62. The van der Waals surface area contributed by atoms with E-state index in [9.17, 15) is 9.59 Å². The van der Waals surface area contributed by atoms with Crippen molar-refractivity contribution >= 4 is 17.5 Å². The molecule has 2 heterocycles. The largest absolute Gasteiger partial charge is 0.476 e. The van der Waals surface area contributed by atoms with Gasteiger partial charge in [0.25, 0.3) is 0 Å². The zero-order valence-electron chi connectivity index (χ0n) is 14.3. The van der Waals surface area contributed by atoms with E-state index in [-0.39, 0.29) is 18.2 Å². The van der Waals surface area contributed by atoms with Crippen molar-refractivity contribution in [3.05, 3.63) is 48.3 Å². The first-order valence-corrected chi connectivity index (χ1v) is 8.23. The van der Waals surface area contributed by atoms with Gasteiger partial charge in [0.15, 0.2) is 0 Å². The number of nitrogens with one attached hydrogen (secondary N) is 1. The lowest BCUT2D eigenvalue weighted by atomic mass is 9.90. The van der Waals surface area contributed by atoms with Gasteiger partial charge in [0.1, 0.15) is 12.4 Å². The molecule has 0 aromatic heterocycles. The SMILES string of the molecule is C=C1/C=C\C(CC)=NC(OCCN)=CC(C2CCC(=O)NC2=O)=CO1. The summed E-state index contributed by atoms with van der Waals surface area (Å²) >= 11 is 0. The van der Waals surface area contributed by atoms with Crippen molar-refractivity contribution in [1.29, 1.82) is 0 Å². The summed E-state index contributed by atoms with van der Waals surface area (Å²) in [7, 11) is 0. The zero-order chi connectivity index (χ0) is 18.2. The standard InChI is InChI=1S/C18H23N3O4/c1-3-14-5-4-12(2)25-11-13(10-17(20-14)24-9-8-19)15-6-7-16(22)21-18(15)23/h4-5,10-11,15H,2-3,6-9,19H2,1H3,(H,21,22,23)/b5-4-,13-11?,17-10?,20-14?. The monoisotopic (exact) mass is 345 g/mol. The van der Waals surface area contributed by atoms with Crippen molar-refractivity contribution < 1.29 is 19.1 Å². The van der Waals surface area contributed by atoms with Crippen molar-refractivity contribution in [2.45, 2.75) is 26.2 Å². The summed E-state index contributed by atoms with van der Waals surface area (Å²) in [6, 6.07) is 0. The van der Waals surface area contributed by atoms with E-state index in [1.54, 1.807) is 18.2 Å². The first kappa shape index (κ1) is 18.7. The van der Waals surface area contributed by atoms with Crippen LogP contribution in [0.15, 0.2) is 53.3 Å². The molecule has 0 spiro atoms. The molecule has 1 fully saturated rings. The molecule has 1 saturated heterocycles. The second-order valence-electron chi connectivity index (χ2n) is 5.62. The van der Waals surface area contributed by atoms with Gasteiger partial charge in [-0.25, -0.2) is 4.99 Å². The number of rotatable bonds is 5. The van der Waals surface area contributed by atoms with Crippen molar-refractivity contribution in [3.8, 4) is 0 Å². The van der Waals surface area contributed by atoms with Gasteiger partial charge >= 0.3 is 0 Å². The summed E-state index contributed by atoms with van der Waals surface area (Å²) in [5.74, 6) is -0.390. The maximum Gasteiger partial charge on any atom is 0.234 e. The Morgan fingerprint density at radius 3 is 2.92 bits per heavy atom. The molecule has 7 heteroatoms. The summed E-state index contributed by atoms with van der Waals surface area (Å²) in [5, 5.41) is 2.34. The van der Waals surface area contributed by atoms with E-state index >= 15 is 0 Å². The Kier molecular flexibility index (Phi) is 6.71. The maximum absolute atomic E-state index is 12.2. The first-order valence-electron chi connectivity index (χ1n) is 8.23. The number of nitrogens with zero attached hydrogens (tertiary/aromatic N) is 1. The lowest BCUT2D eigenvalue weighted by Gasteiger charge is -2.22. The zero-order valence-corrected chi connectivity index (χ0v) is 14.3. The molecule has 2 amide bonds. The number of hydrogen-bond donors (Lipinski definition) is 2. The van der Waals surface area contributed by atoms with Gasteiger partial charge in [-0.1, -0.05) is 13.5 Å². The van der Waals surface area contributed by atoms with E-state index in [2.05, 4.69) is 16.9 Å². The summed E-state index contributed by atoms with van der Waals surface area (Å²) in [6.45, 7) is 6.41. The van der Waals surface area contributed by atoms with Crippen molar-refractivity contribution in [2.75, 3.05) is 13.2 Å². The third kappa shape index (κ3) is 5.42. The normalized spacial score (nSPS) is 22.9. The molecule has 1 unspecified atom stereocenters. The maximum atomic E-state index is 12.2. The molecule has 25 heavy (non-hydrogen) atoms. The second kappa shape index (κ2) is 8.98. The van der Waals surface area contributed by atoms with E-state index in [1.165, 1.54) is 6.26 Å². The van der Waals surface area contributed by atoms with Crippen LogP contribution >= 0.6 is 0 Å². The molecular weight excluding hydrogens is 322 g/mol. The highest BCUT2D eigenvalue weighted by Gasteiger charge is 2.29. The molecule has 7 nitrogen and oxygen atoms in total. The Hall–Kier alpha value is -2.67. The van der Waals surface area contributed by atoms with Gasteiger partial charge in [0.2, 0.25) is 17.7 Å². The number of ether oxygens (including phenoxy) is 2. The highest BCUT2D eigenvalue weighted by atomic mass is 16.5. The Balaban J connectivity index is 2.39. The average Bonchev–Trinajstić information content (AvgIpc) is 2.59. The molecule has 0 aromatic carbocycles. The number of imide groups is 1. The lowest BCUT2D eigenvalue weighted by Crippen LogP contribution is -2.41. The van der Waals surface area contributed by atoms with Crippen LogP contribution < -0.4 is 11.1 Å². The Bertz CT molecular complexity index is 674. The number of aliphatic imine (C=N–C) groups is 1. The summed E-state index contributed by atoms with van der Waals surface area (Å²) in [6.07, 6.45) is 7.95. The van der Waals surface area contributed by atoms with Gasteiger partial charge in [-0.15, -0.1) is 0 Å². The van der Waals surface area contributed by atoms with Crippen LogP contribution in [-0.2, 0) is 19.1 Å². The van der Waals surface area contributed by atoms with Crippen molar-refractivity contribution in [2.24, 2.45) is 16.6 Å². The molecule has 0 bridgehead atoms. The fraction of sp³-hybridized carbons (Fsp3) is 0.389. The van der Waals surface area contributed by atoms with E-state index in [0.717, 1.165) is 5.71 Å². The van der Waals surface area contributed by atoms with Crippen LogP contribution in [0.5, 0.6) is 0 Å². The molecular formula is C18H23N3O4. The van der Waals surface area contributed by atoms with Gasteiger partial charge in [-0.2, -0.15) is 0 Å². The Morgan fingerprint density at radius 2 is 2.24 bits per heavy atom. The molecule has 2 rings (SSSR count). The molecule has 0 aliphatic carbocycles. The molecule has 0 saturated carbocycles. The highest BCUT2D eigenvalue weighted by Crippen LogP contribution is 2.25. The van der Waals surface area contributed by atoms with Gasteiger partial charge in [-0.05, 0) is 25.0 Å². The van der Waals surface area contributed by atoms with E-state index < -0.39 is 5.92 Å². The molecule has 2 aliphatic rings. The number of carbonyl (C=O) groups excluding carboxylic acids is 2. The predicted molar refractivity (Wildman–Crippen MR) is 94.1 cm³/mol. The minimum absolute atomic E-state index is 0.269. The molecule has 0 aromatic rings. The van der Waals surface area contributed by atoms with Crippen LogP contribution in [0.1, 0.15) is 26.2 Å². The summed E-state index contributed by atoms with van der Waals surface area (Å²) in [5.41, 5.74) is 6.84. The number of hydrogen-bond acceptors (Lipinski definition) is 6. The summed E-state index contributed by atoms with van der Waals surface area (Å²) < 4.78 is 11.1. The van der Waals surface area contributed by atoms with Gasteiger partial charge in [0.05, 0.1) is 12.2 Å². The highest BCUT2D eigenvalue weighted by molar-refractivity contribution is 6.00. The van der Waals surface area contributed by atoms with Gasteiger partial charge in [0, 0.05) is 30.3 Å². The molecule has 134 valence electrons. The Labute approximate surface area is 147 Å². The number of piperidine rings is 1. The predicted octanol–water partition coefficient (Wildman–Crippen LogP) is 1.69. The van der Waals surface area contributed by atoms with Crippen LogP contribution in [0.4, 0.5) is 0 Å². The fourth-order valence-corrected chi connectivity index (χ4v) is 2.39. The van der Waals surface area contributed by atoms with Crippen LogP contribution in [0.2, 0.25) is 0 Å². The van der Waals surface area contributed by atoms with E-state index in [1.807, 2.05) is 6.92 Å². The number of carbonyl (C=O) groups is 2.